The third-order valence-electron chi connectivity index (χ3n) is 3.03. The molecule has 0 spiro atoms. The van der Waals surface area contributed by atoms with E-state index in [2.05, 4.69) is 12.2 Å². The van der Waals surface area contributed by atoms with Gasteiger partial charge in [-0.1, -0.05) is 19.8 Å². The van der Waals surface area contributed by atoms with Gasteiger partial charge in [0.05, 0.1) is 0 Å². The first-order valence-corrected chi connectivity index (χ1v) is 5.64. The predicted molar refractivity (Wildman–Crippen MR) is 56.8 cm³/mol. The second-order valence-corrected chi connectivity index (χ2v) is 4.24. The largest absolute Gasteiger partial charge is 0.465 e. The van der Waals surface area contributed by atoms with Crippen molar-refractivity contribution in [1.29, 1.82) is 0 Å². The molecule has 4 heteroatoms. The summed E-state index contributed by atoms with van der Waals surface area (Å²) in [6.07, 6.45) is 3.86. The molecule has 1 amide bonds. The molecule has 1 fully saturated rings. The summed E-state index contributed by atoms with van der Waals surface area (Å²) < 4.78 is 0. The molecule has 1 rings (SSSR count). The van der Waals surface area contributed by atoms with Gasteiger partial charge < -0.3 is 10.4 Å². The highest BCUT2D eigenvalue weighted by Gasteiger charge is 2.29. The lowest BCUT2D eigenvalue weighted by molar-refractivity contribution is -0.122. The minimum Gasteiger partial charge on any atom is -0.465 e. The molecule has 2 N–H and O–H groups in total. The average Bonchev–Trinajstić information content (AvgIpc) is 2.18. The maximum absolute atomic E-state index is 11.3. The minimum atomic E-state index is -0.976. The Hall–Kier alpha value is -1.06. The van der Waals surface area contributed by atoms with E-state index in [-0.39, 0.29) is 17.7 Å². The van der Waals surface area contributed by atoms with Crippen molar-refractivity contribution < 1.29 is 14.7 Å². The number of unbranched alkanes of at least 4 members (excludes halogenated alkanes) is 1. The zero-order valence-electron chi connectivity index (χ0n) is 9.16. The monoisotopic (exact) mass is 213 g/mol. The topological polar surface area (TPSA) is 66.4 Å². The van der Waals surface area contributed by atoms with E-state index in [1.165, 1.54) is 0 Å². The van der Waals surface area contributed by atoms with Crippen molar-refractivity contribution in [2.45, 2.75) is 51.5 Å². The Morgan fingerprint density at radius 1 is 1.60 bits per heavy atom. The fourth-order valence-electron chi connectivity index (χ4n) is 2.21. The SMILES string of the molecule is CCCC[C@H]1CC(=O)CC[C@@H]1NC(=O)O. The van der Waals surface area contributed by atoms with E-state index in [1.807, 2.05) is 0 Å². The van der Waals surface area contributed by atoms with Crippen molar-refractivity contribution in [2.24, 2.45) is 5.92 Å². The summed E-state index contributed by atoms with van der Waals surface area (Å²) in [5, 5.41) is 11.2. The Bertz CT molecular complexity index is 240. The van der Waals surface area contributed by atoms with Crippen LogP contribution >= 0.6 is 0 Å². The molecule has 0 saturated heterocycles. The van der Waals surface area contributed by atoms with E-state index in [1.54, 1.807) is 0 Å². The number of hydrogen-bond donors (Lipinski definition) is 2. The molecular weight excluding hydrogens is 194 g/mol. The quantitative estimate of drug-likeness (QED) is 0.752. The van der Waals surface area contributed by atoms with Gasteiger partial charge in [0.2, 0.25) is 0 Å². The maximum Gasteiger partial charge on any atom is 0.404 e. The Kier molecular flexibility index (Phi) is 4.59. The van der Waals surface area contributed by atoms with Gasteiger partial charge in [-0.2, -0.15) is 0 Å². The zero-order valence-corrected chi connectivity index (χ0v) is 9.16. The molecule has 2 atom stereocenters. The molecule has 0 bridgehead atoms. The maximum atomic E-state index is 11.3. The highest BCUT2D eigenvalue weighted by molar-refractivity contribution is 5.80. The fourth-order valence-corrected chi connectivity index (χ4v) is 2.21. The molecular formula is C11H19NO3. The molecule has 4 nitrogen and oxygen atoms in total. The van der Waals surface area contributed by atoms with Gasteiger partial charge in [-0.25, -0.2) is 4.79 Å². The molecule has 0 aromatic rings. The number of carbonyl (C=O) groups is 2. The average molecular weight is 213 g/mol. The third kappa shape index (κ3) is 3.90. The first-order valence-electron chi connectivity index (χ1n) is 5.64. The molecule has 0 aromatic carbocycles. The molecule has 86 valence electrons. The van der Waals surface area contributed by atoms with Gasteiger partial charge >= 0.3 is 6.09 Å². The van der Waals surface area contributed by atoms with Gasteiger partial charge in [-0.05, 0) is 18.8 Å². The molecule has 0 heterocycles. The highest BCUT2D eigenvalue weighted by atomic mass is 16.4. The van der Waals surface area contributed by atoms with Crippen LogP contribution in [0.5, 0.6) is 0 Å². The number of ketones is 1. The number of hydrogen-bond acceptors (Lipinski definition) is 2. The molecule has 0 aliphatic heterocycles. The van der Waals surface area contributed by atoms with Crippen LogP contribution < -0.4 is 5.32 Å². The fraction of sp³-hybridized carbons (Fsp3) is 0.818. The van der Waals surface area contributed by atoms with Crippen LogP contribution in [0.3, 0.4) is 0 Å². The first kappa shape index (κ1) is 12.0. The lowest BCUT2D eigenvalue weighted by Crippen LogP contribution is -2.43. The third-order valence-corrected chi connectivity index (χ3v) is 3.03. The number of carboxylic acid groups (broad SMARTS) is 1. The zero-order chi connectivity index (χ0) is 11.3. The van der Waals surface area contributed by atoms with Crippen LogP contribution in [0.4, 0.5) is 4.79 Å². The van der Waals surface area contributed by atoms with Crippen molar-refractivity contribution in [3.8, 4) is 0 Å². The van der Waals surface area contributed by atoms with Gasteiger partial charge in [0, 0.05) is 18.9 Å². The van der Waals surface area contributed by atoms with Gasteiger partial charge in [-0.15, -0.1) is 0 Å². The number of Topliss-reactive ketones (excluding diaryl/α,β-unsaturated/α-hetero) is 1. The van der Waals surface area contributed by atoms with Gasteiger partial charge in [-0.3, -0.25) is 4.79 Å². The molecule has 1 aliphatic carbocycles. The minimum absolute atomic E-state index is 0.0215. The standard InChI is InChI=1S/C11H19NO3/c1-2-3-4-8-7-9(13)5-6-10(8)12-11(14)15/h8,10,12H,2-7H2,1H3,(H,14,15)/t8-,10-/m0/s1. The van der Waals surface area contributed by atoms with Crippen LogP contribution in [-0.4, -0.2) is 23.0 Å². The smallest absolute Gasteiger partial charge is 0.404 e. The highest BCUT2D eigenvalue weighted by Crippen LogP contribution is 2.26. The predicted octanol–water partition coefficient (Wildman–Crippen LogP) is 2.18. The van der Waals surface area contributed by atoms with Crippen LogP contribution in [0, 0.1) is 5.92 Å². The van der Waals surface area contributed by atoms with Crippen molar-refractivity contribution in [1.82, 2.24) is 5.32 Å². The van der Waals surface area contributed by atoms with Crippen molar-refractivity contribution in [3.63, 3.8) is 0 Å². The van der Waals surface area contributed by atoms with Crippen molar-refractivity contribution >= 4 is 11.9 Å². The van der Waals surface area contributed by atoms with E-state index in [4.69, 9.17) is 5.11 Å². The first-order chi connectivity index (χ1) is 7.13. The summed E-state index contributed by atoms with van der Waals surface area (Å²) in [5.74, 6) is 0.488. The number of rotatable bonds is 4. The summed E-state index contributed by atoms with van der Waals surface area (Å²) in [5.41, 5.74) is 0. The molecule has 0 unspecified atom stereocenters. The summed E-state index contributed by atoms with van der Waals surface area (Å²) in [6, 6.07) is -0.0215. The Labute approximate surface area is 90.0 Å². The van der Waals surface area contributed by atoms with E-state index in [0.29, 0.717) is 19.3 Å². The van der Waals surface area contributed by atoms with E-state index < -0.39 is 6.09 Å². The summed E-state index contributed by atoms with van der Waals surface area (Å²) in [4.78, 5) is 21.9. The van der Waals surface area contributed by atoms with Crippen molar-refractivity contribution in [2.75, 3.05) is 0 Å². The van der Waals surface area contributed by atoms with Crippen LogP contribution in [0.1, 0.15) is 45.4 Å². The molecule has 15 heavy (non-hydrogen) atoms. The Morgan fingerprint density at radius 3 is 2.93 bits per heavy atom. The van der Waals surface area contributed by atoms with Crippen LogP contribution in [0.2, 0.25) is 0 Å². The normalized spacial score (nSPS) is 26.3. The Balaban J connectivity index is 2.49. The second kappa shape index (κ2) is 5.73. The number of nitrogens with one attached hydrogen (secondary N) is 1. The number of carbonyl (C=O) groups excluding carboxylic acids is 1. The molecule has 1 aliphatic rings. The van der Waals surface area contributed by atoms with Crippen LogP contribution in [0.25, 0.3) is 0 Å². The van der Waals surface area contributed by atoms with Gasteiger partial charge in [0.25, 0.3) is 0 Å². The lowest BCUT2D eigenvalue weighted by Gasteiger charge is -2.30. The summed E-state index contributed by atoms with van der Waals surface area (Å²) in [6.45, 7) is 2.10. The van der Waals surface area contributed by atoms with Crippen molar-refractivity contribution in [3.05, 3.63) is 0 Å². The second-order valence-electron chi connectivity index (χ2n) is 4.24. The van der Waals surface area contributed by atoms with E-state index >= 15 is 0 Å². The summed E-state index contributed by atoms with van der Waals surface area (Å²) >= 11 is 0. The molecule has 0 aromatic heterocycles. The lowest BCUT2D eigenvalue weighted by atomic mass is 9.81. The number of amides is 1. The molecule has 1 saturated carbocycles. The van der Waals surface area contributed by atoms with E-state index in [9.17, 15) is 9.59 Å². The summed E-state index contributed by atoms with van der Waals surface area (Å²) in [7, 11) is 0. The van der Waals surface area contributed by atoms with Crippen LogP contribution in [0.15, 0.2) is 0 Å². The van der Waals surface area contributed by atoms with Gasteiger partial charge in [0.1, 0.15) is 5.78 Å². The molecule has 0 radical (unpaired) electrons. The van der Waals surface area contributed by atoms with Gasteiger partial charge in [0.15, 0.2) is 0 Å². The Morgan fingerprint density at radius 2 is 2.33 bits per heavy atom. The van der Waals surface area contributed by atoms with E-state index in [0.717, 1.165) is 19.3 Å². The van der Waals surface area contributed by atoms with Crippen LogP contribution in [-0.2, 0) is 4.79 Å².